The minimum Gasteiger partial charge on any atom is -0.369 e. The fourth-order valence-corrected chi connectivity index (χ4v) is 1.87. The Kier molecular flexibility index (Phi) is 2.83. The van der Waals surface area contributed by atoms with E-state index in [2.05, 4.69) is 26.1 Å². The van der Waals surface area contributed by atoms with Crippen molar-refractivity contribution >= 4 is 11.8 Å². The highest BCUT2D eigenvalue weighted by atomic mass is 16.2. The van der Waals surface area contributed by atoms with Crippen molar-refractivity contribution in [3.8, 4) is 0 Å². The summed E-state index contributed by atoms with van der Waals surface area (Å²) in [5.74, 6) is -1.35. The van der Waals surface area contributed by atoms with Crippen molar-refractivity contribution < 1.29 is 9.59 Å². The van der Waals surface area contributed by atoms with Gasteiger partial charge >= 0.3 is 0 Å². The zero-order valence-electron chi connectivity index (χ0n) is 8.96. The molecular weight excluding hydrogens is 180 g/mol. The van der Waals surface area contributed by atoms with Crippen molar-refractivity contribution in [2.45, 2.75) is 39.7 Å². The maximum atomic E-state index is 11.3. The van der Waals surface area contributed by atoms with E-state index in [1.807, 2.05) is 0 Å². The average molecular weight is 198 g/mol. The summed E-state index contributed by atoms with van der Waals surface area (Å²) < 4.78 is 0. The standard InChI is InChI=1S/C10H18N2O2/c1-10(2,3)5-6-4-7(8(11)13)9(14)12-6/h6-7H,4-5H2,1-3H3,(H2,11,13)(H,12,14). The van der Waals surface area contributed by atoms with Gasteiger partial charge in [0, 0.05) is 6.04 Å². The highest BCUT2D eigenvalue weighted by Gasteiger charge is 2.37. The molecule has 3 N–H and O–H groups in total. The Labute approximate surface area is 84.2 Å². The van der Waals surface area contributed by atoms with Gasteiger partial charge in [-0.1, -0.05) is 20.8 Å². The number of amides is 2. The monoisotopic (exact) mass is 198 g/mol. The molecule has 0 aliphatic carbocycles. The number of carbonyl (C=O) groups excluding carboxylic acids is 2. The number of hydrogen-bond donors (Lipinski definition) is 2. The van der Waals surface area contributed by atoms with Crippen LogP contribution in [0.4, 0.5) is 0 Å². The van der Waals surface area contributed by atoms with Gasteiger partial charge in [0.2, 0.25) is 11.8 Å². The molecule has 0 saturated carbocycles. The van der Waals surface area contributed by atoms with Gasteiger partial charge in [-0.3, -0.25) is 9.59 Å². The second kappa shape index (κ2) is 3.59. The van der Waals surface area contributed by atoms with Crippen molar-refractivity contribution in [2.75, 3.05) is 0 Å². The molecule has 1 aliphatic rings. The summed E-state index contributed by atoms with van der Waals surface area (Å²) in [4.78, 5) is 22.2. The van der Waals surface area contributed by atoms with E-state index in [-0.39, 0.29) is 17.4 Å². The minimum atomic E-state index is -0.623. The van der Waals surface area contributed by atoms with Gasteiger partial charge in [-0.2, -0.15) is 0 Å². The Morgan fingerprint density at radius 2 is 2.14 bits per heavy atom. The summed E-state index contributed by atoms with van der Waals surface area (Å²) in [5.41, 5.74) is 5.27. The molecule has 14 heavy (non-hydrogen) atoms. The van der Waals surface area contributed by atoms with Crippen LogP contribution in [0, 0.1) is 11.3 Å². The largest absolute Gasteiger partial charge is 0.369 e. The smallest absolute Gasteiger partial charge is 0.232 e. The van der Waals surface area contributed by atoms with Gasteiger partial charge in [-0.25, -0.2) is 0 Å². The second-order valence-electron chi connectivity index (χ2n) is 5.16. The van der Waals surface area contributed by atoms with E-state index in [4.69, 9.17) is 5.73 Å². The fourth-order valence-electron chi connectivity index (χ4n) is 1.87. The van der Waals surface area contributed by atoms with Gasteiger partial charge < -0.3 is 11.1 Å². The molecule has 1 fully saturated rings. The van der Waals surface area contributed by atoms with Crippen LogP contribution in [0.5, 0.6) is 0 Å². The van der Waals surface area contributed by atoms with Gasteiger partial charge in [0.05, 0.1) is 0 Å². The number of carbonyl (C=O) groups is 2. The molecule has 1 aliphatic heterocycles. The van der Waals surface area contributed by atoms with Crippen LogP contribution in [0.1, 0.15) is 33.6 Å². The Bertz CT molecular complexity index is 255. The quantitative estimate of drug-likeness (QED) is 0.631. The summed E-state index contributed by atoms with van der Waals surface area (Å²) in [6.45, 7) is 6.32. The van der Waals surface area contributed by atoms with Crippen LogP contribution in [-0.4, -0.2) is 17.9 Å². The predicted octanol–water partition coefficient (Wildman–Crippen LogP) is 0.413. The number of rotatable bonds is 2. The molecule has 0 bridgehead atoms. The van der Waals surface area contributed by atoms with Crippen molar-refractivity contribution in [2.24, 2.45) is 17.1 Å². The number of nitrogens with two attached hydrogens (primary N) is 1. The number of hydrogen-bond acceptors (Lipinski definition) is 2. The van der Waals surface area contributed by atoms with Crippen LogP contribution in [-0.2, 0) is 9.59 Å². The maximum absolute atomic E-state index is 11.3. The van der Waals surface area contributed by atoms with E-state index < -0.39 is 11.8 Å². The minimum absolute atomic E-state index is 0.0972. The molecular formula is C10H18N2O2. The Morgan fingerprint density at radius 1 is 1.57 bits per heavy atom. The van der Waals surface area contributed by atoms with E-state index in [0.29, 0.717) is 6.42 Å². The highest BCUT2D eigenvalue weighted by Crippen LogP contribution is 2.27. The Balaban J connectivity index is 2.55. The Hall–Kier alpha value is -1.06. The van der Waals surface area contributed by atoms with Gasteiger partial charge in [0.1, 0.15) is 5.92 Å². The van der Waals surface area contributed by atoms with Crippen LogP contribution in [0.15, 0.2) is 0 Å². The SMILES string of the molecule is CC(C)(C)CC1CC(C(N)=O)C(=O)N1. The number of nitrogens with one attached hydrogen (secondary N) is 1. The first-order chi connectivity index (χ1) is 6.29. The molecule has 4 nitrogen and oxygen atoms in total. The van der Waals surface area contributed by atoms with E-state index in [1.54, 1.807) is 0 Å². The summed E-state index contributed by atoms with van der Waals surface area (Å²) >= 11 is 0. The third kappa shape index (κ3) is 2.72. The molecule has 80 valence electrons. The molecule has 1 heterocycles. The third-order valence-corrected chi connectivity index (χ3v) is 2.39. The molecule has 1 saturated heterocycles. The van der Waals surface area contributed by atoms with E-state index >= 15 is 0 Å². The molecule has 2 unspecified atom stereocenters. The van der Waals surface area contributed by atoms with Gasteiger partial charge in [0.25, 0.3) is 0 Å². The molecule has 1 rings (SSSR count). The summed E-state index contributed by atoms with van der Waals surface area (Å²) in [5, 5.41) is 2.80. The van der Waals surface area contributed by atoms with Crippen LogP contribution < -0.4 is 11.1 Å². The first-order valence-corrected chi connectivity index (χ1v) is 4.89. The molecule has 0 aromatic rings. The lowest BCUT2D eigenvalue weighted by molar-refractivity contribution is -0.131. The molecule has 0 spiro atoms. The van der Waals surface area contributed by atoms with E-state index in [9.17, 15) is 9.59 Å². The van der Waals surface area contributed by atoms with E-state index in [0.717, 1.165) is 6.42 Å². The predicted molar refractivity (Wildman–Crippen MR) is 53.3 cm³/mol. The van der Waals surface area contributed by atoms with Crippen molar-refractivity contribution in [3.05, 3.63) is 0 Å². The Morgan fingerprint density at radius 3 is 2.50 bits per heavy atom. The lowest BCUT2D eigenvalue weighted by Crippen LogP contribution is -2.32. The highest BCUT2D eigenvalue weighted by molar-refractivity contribution is 6.01. The van der Waals surface area contributed by atoms with Crippen LogP contribution in [0.2, 0.25) is 0 Å². The molecule has 0 aromatic carbocycles. The van der Waals surface area contributed by atoms with Gasteiger partial charge in [0.15, 0.2) is 0 Å². The van der Waals surface area contributed by atoms with E-state index in [1.165, 1.54) is 0 Å². The first kappa shape index (κ1) is 11.0. The molecule has 2 amide bonds. The first-order valence-electron chi connectivity index (χ1n) is 4.89. The van der Waals surface area contributed by atoms with Crippen molar-refractivity contribution in [1.29, 1.82) is 0 Å². The van der Waals surface area contributed by atoms with Crippen LogP contribution in [0.3, 0.4) is 0 Å². The molecule has 2 atom stereocenters. The normalized spacial score (nSPS) is 27.5. The number of primary amides is 1. The zero-order valence-corrected chi connectivity index (χ0v) is 8.96. The molecule has 0 aromatic heterocycles. The summed E-state index contributed by atoms with van der Waals surface area (Å²) in [7, 11) is 0. The third-order valence-electron chi connectivity index (χ3n) is 2.39. The second-order valence-corrected chi connectivity index (χ2v) is 5.16. The van der Waals surface area contributed by atoms with Gasteiger partial charge in [-0.15, -0.1) is 0 Å². The maximum Gasteiger partial charge on any atom is 0.232 e. The summed E-state index contributed by atoms with van der Waals surface area (Å²) in [6.07, 6.45) is 1.42. The topological polar surface area (TPSA) is 72.2 Å². The van der Waals surface area contributed by atoms with Crippen LogP contribution >= 0.6 is 0 Å². The molecule has 0 radical (unpaired) electrons. The van der Waals surface area contributed by atoms with Gasteiger partial charge in [-0.05, 0) is 18.3 Å². The zero-order chi connectivity index (χ0) is 10.9. The summed E-state index contributed by atoms with van der Waals surface area (Å²) in [6, 6.07) is 0.0972. The molecule has 4 heteroatoms. The van der Waals surface area contributed by atoms with Crippen LogP contribution in [0.25, 0.3) is 0 Å². The van der Waals surface area contributed by atoms with Crippen molar-refractivity contribution in [1.82, 2.24) is 5.32 Å². The fraction of sp³-hybridized carbons (Fsp3) is 0.800. The lowest BCUT2D eigenvalue weighted by Gasteiger charge is -2.22. The van der Waals surface area contributed by atoms with Crippen molar-refractivity contribution in [3.63, 3.8) is 0 Å². The lowest BCUT2D eigenvalue weighted by atomic mass is 9.86. The average Bonchev–Trinajstić information content (AvgIpc) is 2.26.